The third-order valence-electron chi connectivity index (χ3n) is 7.32. The number of ether oxygens (including phenoxy) is 1. The minimum Gasteiger partial charge on any atom is -0.493 e. The molecule has 3 aromatic carbocycles. The average molecular weight is 496 g/mol. The molecule has 192 valence electrons. The maximum Gasteiger partial charge on any atom is 0.227 e. The number of nitrogens with zero attached hydrogens (tertiary/aromatic N) is 3. The van der Waals surface area contributed by atoms with E-state index in [1.165, 1.54) is 11.1 Å². The molecule has 5 heteroatoms. The van der Waals surface area contributed by atoms with Gasteiger partial charge < -0.3 is 14.2 Å². The van der Waals surface area contributed by atoms with E-state index in [1.807, 2.05) is 29.2 Å². The van der Waals surface area contributed by atoms with Crippen molar-refractivity contribution in [3.63, 3.8) is 0 Å². The molecule has 0 radical (unpaired) electrons. The number of fused-ring (bicyclic) bond motifs is 1. The Kier molecular flexibility index (Phi) is 7.05. The van der Waals surface area contributed by atoms with Gasteiger partial charge in [-0.15, -0.1) is 0 Å². The van der Waals surface area contributed by atoms with Crippen LogP contribution in [0.3, 0.4) is 0 Å². The normalized spacial score (nSPS) is 16.1. The smallest absolute Gasteiger partial charge is 0.227 e. The molecule has 1 aliphatic heterocycles. The van der Waals surface area contributed by atoms with Crippen molar-refractivity contribution in [2.24, 2.45) is 0 Å². The van der Waals surface area contributed by atoms with Gasteiger partial charge in [0.05, 0.1) is 17.6 Å². The van der Waals surface area contributed by atoms with Gasteiger partial charge in [-0.2, -0.15) is 0 Å². The molecular formula is C32H37N3O2. The topological polar surface area (TPSA) is 47.4 Å². The van der Waals surface area contributed by atoms with Gasteiger partial charge in [0.25, 0.3) is 0 Å². The van der Waals surface area contributed by atoms with Crippen LogP contribution in [-0.4, -0.2) is 28.6 Å². The number of imidazole rings is 1. The maximum atomic E-state index is 13.2. The van der Waals surface area contributed by atoms with E-state index in [2.05, 4.69) is 80.8 Å². The lowest BCUT2D eigenvalue weighted by atomic mass is 9.86. The summed E-state index contributed by atoms with van der Waals surface area (Å²) in [6, 6.07) is 24.8. The lowest BCUT2D eigenvalue weighted by molar-refractivity contribution is -0.117. The van der Waals surface area contributed by atoms with Crippen molar-refractivity contribution in [2.75, 3.05) is 18.1 Å². The second kappa shape index (κ2) is 10.4. The minimum absolute atomic E-state index is 0.0294. The van der Waals surface area contributed by atoms with Crippen LogP contribution in [0, 0.1) is 0 Å². The van der Waals surface area contributed by atoms with Crippen molar-refractivity contribution >= 4 is 22.6 Å². The highest BCUT2D eigenvalue weighted by Gasteiger charge is 2.35. The fourth-order valence-corrected chi connectivity index (χ4v) is 5.44. The molecule has 1 aliphatic rings. The van der Waals surface area contributed by atoms with Crippen LogP contribution in [0.25, 0.3) is 11.0 Å². The van der Waals surface area contributed by atoms with E-state index in [1.54, 1.807) is 0 Å². The Morgan fingerprint density at radius 1 is 0.973 bits per heavy atom. The van der Waals surface area contributed by atoms with Crippen LogP contribution in [0.4, 0.5) is 5.69 Å². The number of aryl methyl sites for hydroxylation is 2. The van der Waals surface area contributed by atoms with Crippen molar-refractivity contribution in [3.05, 3.63) is 89.7 Å². The predicted octanol–water partition coefficient (Wildman–Crippen LogP) is 6.89. The fraction of sp³-hybridized carbons (Fsp3) is 0.375. The highest BCUT2D eigenvalue weighted by atomic mass is 16.5. The number of amides is 1. The maximum absolute atomic E-state index is 13.2. The van der Waals surface area contributed by atoms with Crippen molar-refractivity contribution in [1.82, 2.24) is 9.55 Å². The zero-order valence-electron chi connectivity index (χ0n) is 22.4. The van der Waals surface area contributed by atoms with Crippen LogP contribution in [0.1, 0.15) is 63.4 Å². The molecule has 0 aliphatic carbocycles. The monoisotopic (exact) mass is 495 g/mol. The van der Waals surface area contributed by atoms with Gasteiger partial charge in [-0.25, -0.2) is 4.98 Å². The standard InChI is InChI=1S/C32H37N3O2/c1-5-23-13-6-9-16-27(23)35-22-24(21-30(35)36)31-33-26-15-8-10-17-28(26)34(31)19-12-20-37-29-18-11-7-14-25(29)32(2,3)4/h6-11,13-18,24H,5,12,19-22H2,1-4H3. The first kappa shape index (κ1) is 25.1. The molecule has 4 aromatic rings. The number of carbonyl (C=O) groups excluding carboxylic acids is 1. The van der Waals surface area contributed by atoms with Crippen LogP contribution < -0.4 is 9.64 Å². The van der Waals surface area contributed by atoms with E-state index in [-0.39, 0.29) is 17.2 Å². The summed E-state index contributed by atoms with van der Waals surface area (Å²) >= 11 is 0. The Morgan fingerprint density at radius 3 is 2.51 bits per heavy atom. The number of carbonyl (C=O) groups is 1. The third kappa shape index (κ3) is 5.13. The molecule has 0 spiro atoms. The van der Waals surface area contributed by atoms with E-state index in [0.29, 0.717) is 19.6 Å². The van der Waals surface area contributed by atoms with Crippen LogP contribution >= 0.6 is 0 Å². The Morgan fingerprint density at radius 2 is 1.70 bits per heavy atom. The van der Waals surface area contributed by atoms with E-state index in [4.69, 9.17) is 9.72 Å². The highest BCUT2D eigenvalue weighted by molar-refractivity contribution is 5.97. The lowest BCUT2D eigenvalue weighted by Crippen LogP contribution is -2.25. The van der Waals surface area contributed by atoms with Crippen molar-refractivity contribution < 1.29 is 9.53 Å². The summed E-state index contributed by atoms with van der Waals surface area (Å²) in [5, 5.41) is 0. The molecule has 1 unspecified atom stereocenters. The first-order valence-corrected chi connectivity index (χ1v) is 13.4. The van der Waals surface area contributed by atoms with Crippen molar-refractivity contribution in [3.8, 4) is 5.75 Å². The average Bonchev–Trinajstić information content (AvgIpc) is 3.46. The third-order valence-corrected chi connectivity index (χ3v) is 7.32. The minimum atomic E-state index is 0.0294. The molecule has 0 saturated carbocycles. The van der Waals surface area contributed by atoms with Gasteiger partial charge in [0.1, 0.15) is 11.6 Å². The highest BCUT2D eigenvalue weighted by Crippen LogP contribution is 2.35. The van der Waals surface area contributed by atoms with Crippen LogP contribution in [-0.2, 0) is 23.2 Å². The first-order chi connectivity index (χ1) is 17.9. The number of aromatic nitrogens is 2. The number of para-hydroxylation sites is 4. The Hall–Kier alpha value is -3.60. The molecule has 1 aromatic heterocycles. The molecule has 1 saturated heterocycles. The summed E-state index contributed by atoms with van der Waals surface area (Å²) < 4.78 is 8.57. The quantitative estimate of drug-likeness (QED) is 0.250. The van der Waals surface area contributed by atoms with Crippen molar-refractivity contribution in [2.45, 2.75) is 64.8 Å². The number of hydrogen-bond acceptors (Lipinski definition) is 3. The van der Waals surface area contributed by atoms with Gasteiger partial charge in [0, 0.05) is 31.1 Å². The van der Waals surface area contributed by atoms with Gasteiger partial charge in [-0.1, -0.05) is 76.2 Å². The summed E-state index contributed by atoms with van der Waals surface area (Å²) in [5.41, 5.74) is 5.59. The largest absolute Gasteiger partial charge is 0.493 e. The van der Waals surface area contributed by atoms with E-state index < -0.39 is 0 Å². The van der Waals surface area contributed by atoms with Gasteiger partial charge in [-0.05, 0) is 53.6 Å². The number of rotatable bonds is 8. The summed E-state index contributed by atoms with van der Waals surface area (Å²) in [4.78, 5) is 20.1. The first-order valence-electron chi connectivity index (χ1n) is 13.4. The SMILES string of the molecule is CCc1ccccc1N1CC(c2nc3ccccc3n2CCCOc2ccccc2C(C)(C)C)CC1=O. The summed E-state index contributed by atoms with van der Waals surface area (Å²) in [6.07, 6.45) is 2.24. The molecule has 1 amide bonds. The molecule has 5 nitrogen and oxygen atoms in total. The van der Waals surface area contributed by atoms with Gasteiger partial charge in [-0.3, -0.25) is 4.79 Å². The van der Waals surface area contributed by atoms with E-state index in [0.717, 1.165) is 47.7 Å². The fourth-order valence-electron chi connectivity index (χ4n) is 5.44. The second-order valence-corrected chi connectivity index (χ2v) is 10.9. The molecule has 1 fully saturated rings. The van der Waals surface area contributed by atoms with Gasteiger partial charge >= 0.3 is 0 Å². The predicted molar refractivity (Wildman–Crippen MR) is 151 cm³/mol. The number of hydrogen-bond donors (Lipinski definition) is 0. The molecule has 37 heavy (non-hydrogen) atoms. The molecule has 5 rings (SSSR count). The van der Waals surface area contributed by atoms with Gasteiger partial charge in [0.15, 0.2) is 0 Å². The van der Waals surface area contributed by atoms with Crippen molar-refractivity contribution in [1.29, 1.82) is 0 Å². The van der Waals surface area contributed by atoms with E-state index in [9.17, 15) is 4.79 Å². The molecule has 0 bridgehead atoms. The second-order valence-electron chi connectivity index (χ2n) is 10.9. The van der Waals surface area contributed by atoms with Gasteiger partial charge in [0.2, 0.25) is 5.91 Å². The Bertz CT molecular complexity index is 1400. The molecular weight excluding hydrogens is 458 g/mol. The van der Waals surface area contributed by atoms with Crippen LogP contribution in [0.5, 0.6) is 5.75 Å². The number of anilines is 1. The zero-order valence-corrected chi connectivity index (χ0v) is 22.4. The molecule has 2 heterocycles. The number of benzene rings is 3. The van der Waals surface area contributed by atoms with Crippen LogP contribution in [0.15, 0.2) is 72.8 Å². The molecule has 1 atom stereocenters. The zero-order chi connectivity index (χ0) is 26.0. The Labute approximate surface area is 220 Å². The van der Waals surface area contributed by atoms with E-state index >= 15 is 0 Å². The summed E-state index contributed by atoms with van der Waals surface area (Å²) in [5.74, 6) is 2.19. The summed E-state index contributed by atoms with van der Waals surface area (Å²) in [6.45, 7) is 10.9. The summed E-state index contributed by atoms with van der Waals surface area (Å²) in [7, 11) is 0. The van der Waals surface area contributed by atoms with Crippen LogP contribution in [0.2, 0.25) is 0 Å². The lowest BCUT2D eigenvalue weighted by Gasteiger charge is -2.23. The molecule has 0 N–H and O–H groups in total. The Balaban J connectivity index is 1.35.